The minimum Gasteiger partial charge on any atom is -0.493 e. The molecule has 0 spiro atoms. The Labute approximate surface area is 183 Å². The normalized spacial score (nSPS) is 11.0. The van der Waals surface area contributed by atoms with Gasteiger partial charge in [-0.25, -0.2) is 9.97 Å². The van der Waals surface area contributed by atoms with Crippen LogP contribution in [-0.2, 0) is 6.42 Å². The summed E-state index contributed by atoms with van der Waals surface area (Å²) in [5.74, 6) is 2.58. The molecule has 0 fully saturated rings. The molecule has 0 aliphatic carbocycles. The molecule has 0 aliphatic heterocycles. The summed E-state index contributed by atoms with van der Waals surface area (Å²) < 4.78 is 10.6. The Hall–Kier alpha value is -3.10. The van der Waals surface area contributed by atoms with E-state index in [4.69, 9.17) is 9.47 Å². The van der Waals surface area contributed by atoms with E-state index >= 15 is 0 Å². The van der Waals surface area contributed by atoms with Crippen LogP contribution >= 0.6 is 0 Å². The summed E-state index contributed by atoms with van der Waals surface area (Å²) in [6.07, 6.45) is 2.02. The molecule has 0 unspecified atom stereocenters. The van der Waals surface area contributed by atoms with Crippen LogP contribution in [0, 0.1) is 22.0 Å². The van der Waals surface area contributed by atoms with Crippen molar-refractivity contribution >= 4 is 17.3 Å². The molecule has 9 nitrogen and oxygen atoms in total. The van der Waals surface area contributed by atoms with Crippen molar-refractivity contribution in [2.45, 2.75) is 34.1 Å². The molecule has 0 aliphatic rings. The first-order valence-electron chi connectivity index (χ1n) is 10.5. The number of hydrogen-bond acceptors (Lipinski definition) is 8. The first-order chi connectivity index (χ1) is 14.8. The van der Waals surface area contributed by atoms with Crippen LogP contribution < -0.4 is 19.7 Å². The SMILES string of the molecule is COc1ccc(CCNc2ncnc(N(CC(C)C)CC(C)C)c2[N+](=O)[O-])cc1OC. The number of nitrogens with zero attached hydrogens (tertiary/aromatic N) is 4. The van der Waals surface area contributed by atoms with E-state index in [1.54, 1.807) is 14.2 Å². The molecule has 0 atom stereocenters. The number of anilines is 2. The van der Waals surface area contributed by atoms with Gasteiger partial charge in [-0.2, -0.15) is 0 Å². The van der Waals surface area contributed by atoms with Gasteiger partial charge in [0.2, 0.25) is 11.6 Å². The lowest BCUT2D eigenvalue weighted by Gasteiger charge is -2.27. The molecular formula is C22H33N5O4. The molecule has 0 radical (unpaired) electrons. The highest BCUT2D eigenvalue weighted by atomic mass is 16.6. The Balaban J connectivity index is 2.23. The van der Waals surface area contributed by atoms with Gasteiger partial charge < -0.3 is 19.7 Å². The number of nitrogens with one attached hydrogen (secondary N) is 1. The van der Waals surface area contributed by atoms with Gasteiger partial charge in [0.15, 0.2) is 11.5 Å². The van der Waals surface area contributed by atoms with E-state index in [1.807, 2.05) is 23.1 Å². The number of ether oxygens (including phenoxy) is 2. The number of aromatic nitrogens is 2. The van der Waals surface area contributed by atoms with E-state index in [0.717, 1.165) is 5.56 Å². The van der Waals surface area contributed by atoms with E-state index in [1.165, 1.54) is 6.33 Å². The topological polar surface area (TPSA) is 103 Å². The molecule has 2 rings (SSSR count). The zero-order chi connectivity index (χ0) is 23.0. The summed E-state index contributed by atoms with van der Waals surface area (Å²) >= 11 is 0. The molecule has 1 N–H and O–H groups in total. The third-order valence-electron chi connectivity index (χ3n) is 4.61. The van der Waals surface area contributed by atoms with E-state index < -0.39 is 4.92 Å². The largest absolute Gasteiger partial charge is 0.493 e. The molecule has 31 heavy (non-hydrogen) atoms. The standard InChI is InChI=1S/C22H33N5O4/c1-15(2)12-26(13-16(3)4)22-20(27(28)29)21(24-14-25-22)23-10-9-17-7-8-18(30-5)19(11-17)31-6/h7-8,11,14-16H,9-10,12-13H2,1-6H3,(H,23,24,25). The predicted molar refractivity (Wildman–Crippen MR) is 122 cm³/mol. The van der Waals surface area contributed by atoms with E-state index in [2.05, 4.69) is 43.0 Å². The van der Waals surface area contributed by atoms with Crippen molar-refractivity contribution in [1.29, 1.82) is 0 Å². The van der Waals surface area contributed by atoms with Gasteiger partial charge in [0.05, 0.1) is 19.1 Å². The van der Waals surface area contributed by atoms with Gasteiger partial charge in [0, 0.05) is 19.6 Å². The lowest BCUT2D eigenvalue weighted by Crippen LogP contribution is -2.33. The van der Waals surface area contributed by atoms with Crippen molar-refractivity contribution in [3.63, 3.8) is 0 Å². The van der Waals surface area contributed by atoms with Gasteiger partial charge in [-0.1, -0.05) is 33.8 Å². The Bertz CT molecular complexity index is 863. The number of benzene rings is 1. The van der Waals surface area contributed by atoms with Crippen LogP contribution in [0.2, 0.25) is 0 Å². The van der Waals surface area contributed by atoms with Crippen molar-refractivity contribution in [1.82, 2.24) is 9.97 Å². The van der Waals surface area contributed by atoms with Crippen LogP contribution in [0.4, 0.5) is 17.3 Å². The molecular weight excluding hydrogens is 398 g/mol. The zero-order valence-electron chi connectivity index (χ0n) is 19.2. The van der Waals surface area contributed by atoms with Gasteiger partial charge in [0.25, 0.3) is 0 Å². The third-order valence-corrected chi connectivity index (χ3v) is 4.61. The molecule has 0 bridgehead atoms. The van der Waals surface area contributed by atoms with Gasteiger partial charge in [-0.3, -0.25) is 10.1 Å². The van der Waals surface area contributed by atoms with Crippen molar-refractivity contribution in [2.75, 3.05) is 44.1 Å². The van der Waals surface area contributed by atoms with E-state index in [-0.39, 0.29) is 11.5 Å². The summed E-state index contributed by atoms with van der Waals surface area (Å²) in [7, 11) is 3.18. The maximum absolute atomic E-state index is 11.9. The Kier molecular flexibility index (Phi) is 8.84. The average Bonchev–Trinajstić information content (AvgIpc) is 2.72. The van der Waals surface area contributed by atoms with Gasteiger partial charge in [-0.15, -0.1) is 0 Å². The number of methoxy groups -OCH3 is 2. The fourth-order valence-corrected chi connectivity index (χ4v) is 3.39. The highest BCUT2D eigenvalue weighted by molar-refractivity contribution is 5.70. The van der Waals surface area contributed by atoms with Crippen molar-refractivity contribution in [3.05, 3.63) is 40.2 Å². The average molecular weight is 432 g/mol. The minimum atomic E-state index is -0.401. The van der Waals surface area contributed by atoms with Crippen LogP contribution in [-0.4, -0.2) is 48.7 Å². The predicted octanol–water partition coefficient (Wildman–Crippen LogP) is 4.18. The molecule has 1 aromatic carbocycles. The van der Waals surface area contributed by atoms with E-state index in [0.29, 0.717) is 55.2 Å². The fourth-order valence-electron chi connectivity index (χ4n) is 3.39. The monoisotopic (exact) mass is 431 g/mol. The van der Waals surface area contributed by atoms with E-state index in [9.17, 15) is 10.1 Å². The van der Waals surface area contributed by atoms with Crippen LogP contribution in [0.3, 0.4) is 0 Å². The molecule has 0 saturated heterocycles. The van der Waals surface area contributed by atoms with Gasteiger partial charge in [0.1, 0.15) is 6.33 Å². The highest BCUT2D eigenvalue weighted by Crippen LogP contribution is 2.33. The first kappa shape index (κ1) is 24.2. The second kappa shape index (κ2) is 11.3. The molecule has 0 amide bonds. The Morgan fingerprint density at radius 2 is 1.71 bits per heavy atom. The second-order valence-corrected chi connectivity index (χ2v) is 8.21. The summed E-state index contributed by atoms with van der Waals surface area (Å²) in [6, 6.07) is 5.68. The van der Waals surface area contributed by atoms with Crippen LogP contribution in [0.15, 0.2) is 24.5 Å². The van der Waals surface area contributed by atoms with Crippen molar-refractivity contribution in [3.8, 4) is 11.5 Å². The van der Waals surface area contributed by atoms with Crippen LogP contribution in [0.5, 0.6) is 11.5 Å². The van der Waals surface area contributed by atoms with Gasteiger partial charge >= 0.3 is 5.69 Å². The maximum atomic E-state index is 11.9. The highest BCUT2D eigenvalue weighted by Gasteiger charge is 2.27. The second-order valence-electron chi connectivity index (χ2n) is 8.21. The lowest BCUT2D eigenvalue weighted by molar-refractivity contribution is -0.383. The lowest BCUT2D eigenvalue weighted by atomic mass is 10.1. The zero-order valence-corrected chi connectivity index (χ0v) is 19.2. The minimum absolute atomic E-state index is 0.0869. The van der Waals surface area contributed by atoms with Crippen molar-refractivity contribution in [2.24, 2.45) is 11.8 Å². The Morgan fingerprint density at radius 1 is 1.06 bits per heavy atom. The summed E-state index contributed by atoms with van der Waals surface area (Å²) in [5, 5.41) is 15.1. The van der Waals surface area contributed by atoms with Crippen LogP contribution in [0.25, 0.3) is 0 Å². The molecule has 0 saturated carbocycles. The Morgan fingerprint density at radius 3 is 2.26 bits per heavy atom. The number of hydrogen-bond donors (Lipinski definition) is 1. The maximum Gasteiger partial charge on any atom is 0.353 e. The molecule has 1 heterocycles. The number of nitro groups is 1. The molecule has 170 valence electrons. The molecule has 1 aromatic heterocycles. The third kappa shape index (κ3) is 6.70. The quantitative estimate of drug-likeness (QED) is 0.394. The summed E-state index contributed by atoms with van der Waals surface area (Å²) in [4.78, 5) is 22.0. The van der Waals surface area contributed by atoms with Crippen molar-refractivity contribution < 1.29 is 14.4 Å². The summed E-state index contributed by atoms with van der Waals surface area (Å²) in [6.45, 7) is 10.2. The molecule has 2 aromatic rings. The number of rotatable bonds is 12. The van der Waals surface area contributed by atoms with Gasteiger partial charge in [-0.05, 0) is 36.0 Å². The smallest absolute Gasteiger partial charge is 0.353 e. The summed E-state index contributed by atoms with van der Waals surface area (Å²) in [5.41, 5.74) is 0.930. The molecule has 9 heteroatoms. The first-order valence-corrected chi connectivity index (χ1v) is 10.5. The fraction of sp³-hybridized carbons (Fsp3) is 0.545. The van der Waals surface area contributed by atoms with Crippen LogP contribution in [0.1, 0.15) is 33.3 Å².